The molecule has 0 N–H and O–H groups in total. The van der Waals surface area contributed by atoms with Gasteiger partial charge >= 0.3 is 0 Å². The van der Waals surface area contributed by atoms with Gasteiger partial charge in [-0.2, -0.15) is 5.10 Å². The summed E-state index contributed by atoms with van der Waals surface area (Å²) in [5, 5.41) is 4.21. The van der Waals surface area contributed by atoms with E-state index in [1.165, 1.54) is 0 Å². The number of nitrogens with zero attached hydrogens (tertiary/aromatic N) is 4. The van der Waals surface area contributed by atoms with Crippen molar-refractivity contribution in [1.29, 1.82) is 0 Å². The molecule has 3 heterocycles. The summed E-state index contributed by atoms with van der Waals surface area (Å²) < 4.78 is 14.2. The molecule has 0 saturated carbocycles. The van der Waals surface area contributed by atoms with E-state index in [4.69, 9.17) is 9.47 Å². The van der Waals surface area contributed by atoms with Crippen LogP contribution in [0.4, 0.5) is 0 Å². The highest BCUT2D eigenvalue weighted by Gasteiger charge is 2.51. The molecule has 3 aliphatic rings. The number of benzene rings is 1. The van der Waals surface area contributed by atoms with Crippen LogP contribution in [-0.4, -0.2) is 52.0 Å². The zero-order valence-corrected chi connectivity index (χ0v) is 14.6. The van der Waals surface area contributed by atoms with E-state index in [1.54, 1.807) is 6.20 Å². The smallest absolute Gasteiger partial charge is 0.186 e. The largest absolute Gasteiger partial charge is 0.491 e. The summed E-state index contributed by atoms with van der Waals surface area (Å²) in [6.07, 6.45) is 9.97. The first kappa shape index (κ1) is 15.5. The van der Waals surface area contributed by atoms with Crippen LogP contribution in [0.3, 0.4) is 0 Å². The molecule has 132 valence electrons. The third-order valence-corrected chi connectivity index (χ3v) is 5.11. The summed E-state index contributed by atoms with van der Waals surface area (Å²) in [5.74, 6) is 0.844. The molecular formula is C20H20N4O2. The van der Waals surface area contributed by atoms with Crippen molar-refractivity contribution in [1.82, 2.24) is 14.7 Å². The van der Waals surface area contributed by atoms with E-state index in [0.717, 1.165) is 29.3 Å². The van der Waals surface area contributed by atoms with Crippen molar-refractivity contribution in [3.63, 3.8) is 0 Å². The van der Waals surface area contributed by atoms with Gasteiger partial charge < -0.3 is 9.47 Å². The van der Waals surface area contributed by atoms with Gasteiger partial charge in [0.1, 0.15) is 18.5 Å². The lowest BCUT2D eigenvalue weighted by molar-refractivity contribution is -0.0174. The fourth-order valence-electron chi connectivity index (χ4n) is 3.80. The second kappa shape index (κ2) is 5.93. The van der Waals surface area contributed by atoms with Crippen LogP contribution >= 0.6 is 0 Å². The molecule has 2 aliphatic heterocycles. The Bertz CT molecular complexity index is 912. The Labute approximate surface area is 152 Å². The maximum Gasteiger partial charge on any atom is 0.186 e. The lowest BCUT2D eigenvalue weighted by Gasteiger charge is -2.29. The van der Waals surface area contributed by atoms with E-state index in [-0.39, 0.29) is 6.10 Å². The highest BCUT2D eigenvalue weighted by Crippen LogP contribution is 2.36. The van der Waals surface area contributed by atoms with Crippen LogP contribution in [0.15, 0.2) is 65.8 Å². The van der Waals surface area contributed by atoms with Gasteiger partial charge in [-0.25, -0.2) is 4.90 Å². The van der Waals surface area contributed by atoms with Crippen molar-refractivity contribution in [2.24, 2.45) is 12.0 Å². The van der Waals surface area contributed by atoms with Crippen molar-refractivity contribution >= 4 is 5.71 Å². The van der Waals surface area contributed by atoms with E-state index in [9.17, 15) is 0 Å². The lowest BCUT2D eigenvalue weighted by atomic mass is 10.0. The van der Waals surface area contributed by atoms with E-state index >= 15 is 0 Å². The molecule has 1 saturated heterocycles. The molecule has 2 aromatic rings. The first-order valence-corrected chi connectivity index (χ1v) is 8.79. The molecule has 1 fully saturated rings. The molecule has 26 heavy (non-hydrogen) atoms. The molecule has 0 amide bonds. The van der Waals surface area contributed by atoms with E-state index in [0.29, 0.717) is 13.3 Å². The minimum atomic E-state index is -0.480. The minimum Gasteiger partial charge on any atom is -0.491 e. The van der Waals surface area contributed by atoms with Gasteiger partial charge in [-0.15, -0.1) is 0 Å². The normalized spacial score (nSPS) is 26.7. The molecule has 6 heteroatoms. The predicted molar refractivity (Wildman–Crippen MR) is 99.0 cm³/mol. The summed E-state index contributed by atoms with van der Waals surface area (Å²) in [6.45, 7) is 2.02. The summed E-state index contributed by atoms with van der Waals surface area (Å²) in [5.41, 5.74) is 2.71. The second-order valence-corrected chi connectivity index (χ2v) is 6.74. The molecule has 0 bridgehead atoms. The second-order valence-electron chi connectivity index (χ2n) is 6.74. The molecular weight excluding hydrogens is 328 g/mol. The number of aromatic nitrogens is 2. The van der Waals surface area contributed by atoms with Crippen molar-refractivity contribution in [3.8, 4) is 17.0 Å². The van der Waals surface area contributed by atoms with Crippen LogP contribution in [0.2, 0.25) is 0 Å². The standard InChI is InChI=1S/C20H20N4O2/c1-23-18(9-11-22-23)15-5-7-16(8-6-15)25-13-17-12-24-14-21-19-4-2-3-10-20(19,24)26-17/h2-11,17H,12-14H2,1H3/t17-,20?/m0/s1. The molecule has 1 spiro atoms. The van der Waals surface area contributed by atoms with Gasteiger partial charge in [0.25, 0.3) is 0 Å². The molecule has 2 atom stereocenters. The Morgan fingerprint density at radius 3 is 2.92 bits per heavy atom. The molecule has 1 unspecified atom stereocenters. The van der Waals surface area contributed by atoms with Gasteiger partial charge in [-0.3, -0.25) is 9.67 Å². The molecule has 5 rings (SSSR count). The van der Waals surface area contributed by atoms with Crippen LogP contribution in [0.5, 0.6) is 5.75 Å². The van der Waals surface area contributed by atoms with Crippen molar-refractivity contribution in [3.05, 3.63) is 60.8 Å². The Morgan fingerprint density at radius 1 is 1.23 bits per heavy atom. The summed E-state index contributed by atoms with van der Waals surface area (Å²) in [6, 6.07) is 10.1. The number of hydrogen-bond acceptors (Lipinski definition) is 5. The number of aliphatic imine (C=N–C) groups is 1. The Kier molecular flexibility index (Phi) is 3.55. The van der Waals surface area contributed by atoms with Gasteiger partial charge in [0, 0.05) is 25.4 Å². The van der Waals surface area contributed by atoms with Crippen LogP contribution in [0.25, 0.3) is 11.3 Å². The molecule has 1 aliphatic carbocycles. The van der Waals surface area contributed by atoms with Gasteiger partial charge in [-0.05, 0) is 42.5 Å². The SMILES string of the molecule is Cn1nccc1-c1ccc(OC[C@@H]2CN3CN=C4C=CC=CC43O2)cc1. The summed E-state index contributed by atoms with van der Waals surface area (Å²) >= 11 is 0. The number of ether oxygens (including phenoxy) is 2. The average Bonchev–Trinajstić information content (AvgIpc) is 3.32. The maximum atomic E-state index is 6.32. The highest BCUT2D eigenvalue weighted by atomic mass is 16.6. The third kappa shape index (κ3) is 2.41. The monoisotopic (exact) mass is 348 g/mol. The third-order valence-electron chi connectivity index (χ3n) is 5.11. The fraction of sp³-hybridized carbons (Fsp3) is 0.300. The number of allylic oxidation sites excluding steroid dienone is 2. The Balaban J connectivity index is 1.24. The zero-order chi connectivity index (χ0) is 17.6. The quantitative estimate of drug-likeness (QED) is 0.851. The van der Waals surface area contributed by atoms with E-state index in [1.807, 2.05) is 48.2 Å². The first-order valence-electron chi connectivity index (χ1n) is 8.79. The molecule has 1 aromatic heterocycles. The first-order chi connectivity index (χ1) is 12.7. The van der Waals surface area contributed by atoms with Crippen LogP contribution in [0.1, 0.15) is 0 Å². The summed E-state index contributed by atoms with van der Waals surface area (Å²) in [7, 11) is 1.94. The van der Waals surface area contributed by atoms with Crippen molar-refractivity contribution in [2.75, 3.05) is 19.8 Å². The van der Waals surface area contributed by atoms with E-state index < -0.39 is 5.72 Å². The fourth-order valence-corrected chi connectivity index (χ4v) is 3.80. The van der Waals surface area contributed by atoms with Crippen LogP contribution < -0.4 is 4.74 Å². The predicted octanol–water partition coefficient (Wildman–Crippen LogP) is 2.40. The number of hydrogen-bond donors (Lipinski definition) is 0. The topological polar surface area (TPSA) is 51.9 Å². The van der Waals surface area contributed by atoms with Crippen molar-refractivity contribution < 1.29 is 9.47 Å². The minimum absolute atomic E-state index is 0.0217. The highest BCUT2D eigenvalue weighted by molar-refractivity contribution is 6.05. The molecule has 6 nitrogen and oxygen atoms in total. The van der Waals surface area contributed by atoms with Gasteiger partial charge in [0.05, 0.1) is 18.1 Å². The van der Waals surface area contributed by atoms with E-state index in [2.05, 4.69) is 33.2 Å². The van der Waals surface area contributed by atoms with Crippen molar-refractivity contribution in [2.45, 2.75) is 11.8 Å². The Morgan fingerprint density at radius 2 is 2.12 bits per heavy atom. The molecule has 1 aromatic carbocycles. The maximum absolute atomic E-state index is 6.32. The van der Waals surface area contributed by atoms with Gasteiger partial charge in [-0.1, -0.05) is 12.2 Å². The summed E-state index contributed by atoms with van der Waals surface area (Å²) in [4.78, 5) is 6.81. The zero-order valence-electron chi connectivity index (χ0n) is 14.6. The Hall–Kier alpha value is -2.70. The number of aryl methyl sites for hydroxylation is 1. The lowest BCUT2D eigenvalue weighted by Crippen LogP contribution is -2.45. The van der Waals surface area contributed by atoms with Crippen LogP contribution in [-0.2, 0) is 11.8 Å². The van der Waals surface area contributed by atoms with Gasteiger partial charge in [0.2, 0.25) is 0 Å². The molecule has 0 radical (unpaired) electrons. The van der Waals surface area contributed by atoms with Crippen LogP contribution in [0, 0.1) is 0 Å². The number of rotatable bonds is 4. The average molecular weight is 348 g/mol. The van der Waals surface area contributed by atoms with Gasteiger partial charge in [0.15, 0.2) is 5.72 Å².